The van der Waals surface area contributed by atoms with E-state index in [1.165, 1.54) is 19.2 Å². The molecule has 0 saturated heterocycles. The molecule has 1 aromatic heterocycles. The van der Waals surface area contributed by atoms with Gasteiger partial charge in [-0.3, -0.25) is 9.59 Å². The number of ether oxygens (including phenoxy) is 1. The quantitative estimate of drug-likeness (QED) is 0.707. The molecule has 0 aliphatic rings. The minimum Gasteiger partial charge on any atom is -0.495 e. The zero-order valence-electron chi connectivity index (χ0n) is 15.2. The van der Waals surface area contributed by atoms with Crippen molar-refractivity contribution in [3.05, 3.63) is 76.6 Å². The smallest absolute Gasteiger partial charge is 0.416 e. The van der Waals surface area contributed by atoms with Crippen LogP contribution in [0.2, 0.25) is 0 Å². The summed E-state index contributed by atoms with van der Waals surface area (Å²) in [5.74, 6) is -0.660. The van der Waals surface area contributed by atoms with Crippen molar-refractivity contribution < 1.29 is 22.7 Å². The van der Waals surface area contributed by atoms with Crippen molar-refractivity contribution in [1.82, 2.24) is 9.78 Å². The SMILES string of the molecule is COc1ccc(C(F)(F)F)cc1NC(=O)Cn1nc(-c2ccccc2)ccc1=O. The summed E-state index contributed by atoms with van der Waals surface area (Å²) in [5, 5.41) is 6.50. The van der Waals surface area contributed by atoms with Crippen LogP contribution in [0.4, 0.5) is 18.9 Å². The van der Waals surface area contributed by atoms with Crippen LogP contribution in [0.1, 0.15) is 5.56 Å². The minimum atomic E-state index is -4.58. The third-order valence-corrected chi connectivity index (χ3v) is 4.03. The Morgan fingerprint density at radius 1 is 1.10 bits per heavy atom. The van der Waals surface area contributed by atoms with Gasteiger partial charge in [-0.25, -0.2) is 4.68 Å². The summed E-state index contributed by atoms with van der Waals surface area (Å²) in [6.45, 7) is -0.473. The van der Waals surface area contributed by atoms with Crippen molar-refractivity contribution in [3.63, 3.8) is 0 Å². The summed E-state index contributed by atoms with van der Waals surface area (Å²) in [7, 11) is 1.27. The van der Waals surface area contributed by atoms with Gasteiger partial charge < -0.3 is 10.1 Å². The number of benzene rings is 2. The van der Waals surface area contributed by atoms with Crippen LogP contribution in [0.5, 0.6) is 5.75 Å². The number of hydrogen-bond acceptors (Lipinski definition) is 4. The number of hydrogen-bond donors (Lipinski definition) is 1. The van der Waals surface area contributed by atoms with E-state index in [1.807, 2.05) is 6.07 Å². The first-order valence-electron chi connectivity index (χ1n) is 8.46. The van der Waals surface area contributed by atoms with E-state index in [0.717, 1.165) is 28.4 Å². The highest BCUT2D eigenvalue weighted by atomic mass is 19.4. The zero-order chi connectivity index (χ0) is 21.0. The molecule has 150 valence electrons. The average Bonchev–Trinajstić information content (AvgIpc) is 2.69. The lowest BCUT2D eigenvalue weighted by Crippen LogP contribution is -2.29. The van der Waals surface area contributed by atoms with Crippen molar-refractivity contribution in [3.8, 4) is 17.0 Å². The van der Waals surface area contributed by atoms with Crippen LogP contribution in [0.25, 0.3) is 11.3 Å². The van der Waals surface area contributed by atoms with Gasteiger partial charge in [-0.05, 0) is 24.3 Å². The molecule has 0 unspecified atom stereocenters. The molecule has 0 aliphatic carbocycles. The van der Waals surface area contributed by atoms with Crippen LogP contribution in [0, 0.1) is 0 Å². The summed E-state index contributed by atoms with van der Waals surface area (Å²) in [4.78, 5) is 24.4. The van der Waals surface area contributed by atoms with E-state index in [9.17, 15) is 22.8 Å². The van der Waals surface area contributed by atoms with Crippen molar-refractivity contribution in [2.24, 2.45) is 0 Å². The monoisotopic (exact) mass is 403 g/mol. The maximum absolute atomic E-state index is 12.9. The number of rotatable bonds is 5. The maximum Gasteiger partial charge on any atom is 0.416 e. The highest BCUT2D eigenvalue weighted by Crippen LogP contribution is 2.34. The Labute approximate surface area is 163 Å². The lowest BCUT2D eigenvalue weighted by Gasteiger charge is -2.14. The molecule has 0 radical (unpaired) electrons. The normalized spacial score (nSPS) is 11.2. The topological polar surface area (TPSA) is 73.2 Å². The number of halogens is 3. The molecule has 6 nitrogen and oxygen atoms in total. The van der Waals surface area contributed by atoms with Crippen LogP contribution < -0.4 is 15.6 Å². The van der Waals surface area contributed by atoms with Crippen molar-refractivity contribution in [1.29, 1.82) is 0 Å². The lowest BCUT2D eigenvalue weighted by atomic mass is 10.1. The summed E-state index contributed by atoms with van der Waals surface area (Å²) in [6, 6.07) is 14.6. The number of anilines is 1. The van der Waals surface area contributed by atoms with Gasteiger partial charge in [0.2, 0.25) is 5.91 Å². The Morgan fingerprint density at radius 2 is 1.83 bits per heavy atom. The van der Waals surface area contributed by atoms with Gasteiger partial charge >= 0.3 is 6.18 Å². The summed E-state index contributed by atoms with van der Waals surface area (Å²) in [5.41, 5.74) is -0.374. The first kappa shape index (κ1) is 20.1. The van der Waals surface area contributed by atoms with Crippen LogP contribution in [0.3, 0.4) is 0 Å². The van der Waals surface area contributed by atoms with E-state index in [-0.39, 0.29) is 11.4 Å². The zero-order valence-corrected chi connectivity index (χ0v) is 15.2. The molecule has 0 atom stereocenters. The van der Waals surface area contributed by atoms with Gasteiger partial charge in [0, 0.05) is 11.6 Å². The van der Waals surface area contributed by atoms with Crippen LogP contribution >= 0.6 is 0 Å². The summed E-state index contributed by atoms with van der Waals surface area (Å²) in [6.07, 6.45) is -4.58. The molecule has 0 saturated carbocycles. The fourth-order valence-electron chi connectivity index (χ4n) is 2.63. The molecule has 1 amide bonds. The van der Waals surface area contributed by atoms with Gasteiger partial charge in [-0.1, -0.05) is 30.3 Å². The molecular weight excluding hydrogens is 387 g/mol. The Balaban J connectivity index is 1.84. The van der Waals surface area contributed by atoms with Gasteiger partial charge in [0.25, 0.3) is 5.56 Å². The number of amides is 1. The van der Waals surface area contributed by atoms with E-state index in [1.54, 1.807) is 24.3 Å². The van der Waals surface area contributed by atoms with Crippen LogP contribution in [-0.4, -0.2) is 22.8 Å². The molecular formula is C20H16F3N3O3. The van der Waals surface area contributed by atoms with E-state index in [4.69, 9.17) is 4.74 Å². The van der Waals surface area contributed by atoms with E-state index in [2.05, 4.69) is 10.4 Å². The predicted molar refractivity (Wildman–Crippen MR) is 101 cm³/mol. The second kappa shape index (κ2) is 8.17. The van der Waals surface area contributed by atoms with Gasteiger partial charge in [0.05, 0.1) is 24.1 Å². The lowest BCUT2D eigenvalue weighted by molar-refractivity contribution is -0.137. The van der Waals surface area contributed by atoms with Gasteiger partial charge in [0.1, 0.15) is 12.3 Å². The maximum atomic E-state index is 12.9. The van der Waals surface area contributed by atoms with Crippen LogP contribution in [-0.2, 0) is 17.5 Å². The summed E-state index contributed by atoms with van der Waals surface area (Å²) < 4.78 is 44.8. The number of carbonyl (C=O) groups is 1. The highest BCUT2D eigenvalue weighted by Gasteiger charge is 2.31. The van der Waals surface area contributed by atoms with Crippen LogP contribution in [0.15, 0.2) is 65.5 Å². The molecule has 0 spiro atoms. The molecule has 1 heterocycles. The highest BCUT2D eigenvalue weighted by molar-refractivity contribution is 5.92. The minimum absolute atomic E-state index is 0.0599. The number of nitrogens with one attached hydrogen (secondary N) is 1. The molecule has 3 aromatic rings. The van der Waals surface area contributed by atoms with Gasteiger partial charge in [0.15, 0.2) is 0 Å². The van der Waals surface area contributed by atoms with Crippen molar-refractivity contribution in [2.75, 3.05) is 12.4 Å². The predicted octanol–water partition coefficient (Wildman–Crippen LogP) is 3.58. The molecule has 2 aromatic carbocycles. The standard InChI is InChI=1S/C20H16F3N3O3/c1-29-17-9-7-14(20(21,22)23)11-16(17)24-18(27)12-26-19(28)10-8-15(25-26)13-5-3-2-4-6-13/h2-11H,12H2,1H3,(H,24,27). The fourth-order valence-corrected chi connectivity index (χ4v) is 2.63. The van der Waals surface area contributed by atoms with Gasteiger partial charge in [-0.2, -0.15) is 18.3 Å². The Hall–Kier alpha value is -3.62. The number of nitrogens with zero attached hydrogens (tertiary/aromatic N) is 2. The third-order valence-electron chi connectivity index (χ3n) is 4.03. The third kappa shape index (κ3) is 4.81. The Morgan fingerprint density at radius 3 is 2.48 bits per heavy atom. The average molecular weight is 403 g/mol. The molecule has 29 heavy (non-hydrogen) atoms. The number of aromatic nitrogens is 2. The van der Waals surface area contributed by atoms with Crippen molar-refractivity contribution in [2.45, 2.75) is 12.7 Å². The van der Waals surface area contributed by atoms with Gasteiger partial charge in [-0.15, -0.1) is 0 Å². The fraction of sp³-hybridized carbons (Fsp3) is 0.150. The van der Waals surface area contributed by atoms with E-state index in [0.29, 0.717) is 5.69 Å². The number of alkyl halides is 3. The number of carbonyl (C=O) groups excluding carboxylic acids is 1. The molecule has 0 bridgehead atoms. The number of methoxy groups -OCH3 is 1. The Kier molecular flexibility index (Phi) is 5.67. The molecule has 0 fully saturated rings. The molecule has 1 N–H and O–H groups in total. The summed E-state index contributed by atoms with van der Waals surface area (Å²) >= 11 is 0. The van der Waals surface area contributed by atoms with E-state index < -0.39 is 29.8 Å². The van der Waals surface area contributed by atoms with Crippen molar-refractivity contribution >= 4 is 11.6 Å². The first-order chi connectivity index (χ1) is 13.8. The second-order valence-electron chi connectivity index (χ2n) is 6.04. The largest absolute Gasteiger partial charge is 0.495 e. The van der Waals surface area contributed by atoms with E-state index >= 15 is 0 Å². The molecule has 0 aliphatic heterocycles. The molecule has 3 rings (SSSR count). The first-order valence-corrected chi connectivity index (χ1v) is 8.46. The Bertz CT molecular complexity index is 1080. The second-order valence-corrected chi connectivity index (χ2v) is 6.04. The molecule has 9 heteroatoms.